The molecule has 0 aliphatic carbocycles. The third-order valence-electron chi connectivity index (χ3n) is 7.47. The molecule has 0 saturated carbocycles. The highest BCUT2D eigenvalue weighted by molar-refractivity contribution is 7.89. The fourth-order valence-electron chi connectivity index (χ4n) is 5.34. The van der Waals surface area contributed by atoms with Crippen LogP contribution in [0.2, 0.25) is 0 Å². The number of rotatable bonds is 15. The molecule has 13 nitrogen and oxygen atoms in total. The molecule has 2 aromatic heterocycles. The van der Waals surface area contributed by atoms with Gasteiger partial charge < -0.3 is 15.5 Å². The normalized spacial score (nSPS) is 14.0. The maximum Gasteiger partial charge on any atom is 0.408 e. The summed E-state index contributed by atoms with van der Waals surface area (Å²) >= 11 is 0. The molecule has 2 heterocycles. The van der Waals surface area contributed by atoms with Crippen molar-refractivity contribution in [3.63, 3.8) is 0 Å². The lowest BCUT2D eigenvalue weighted by molar-refractivity contribution is -0.129. The van der Waals surface area contributed by atoms with Crippen LogP contribution in [0, 0.1) is 11.8 Å². The first-order chi connectivity index (χ1) is 21.9. The number of aromatic nitrogens is 3. The number of carbonyl (C=O) groups excluding carboxylic acids is 1. The van der Waals surface area contributed by atoms with E-state index in [4.69, 9.17) is 4.63 Å². The van der Waals surface area contributed by atoms with Crippen LogP contribution in [-0.2, 0) is 27.8 Å². The number of hydrogen-bond donors (Lipinski definition) is 3. The number of pyridine rings is 1. The number of aliphatic hydroxyl groups is 1. The van der Waals surface area contributed by atoms with Crippen LogP contribution in [0.4, 0.5) is 4.79 Å². The standard InChI is InChI=1S/C32H40N6O7S/c1-21(2)18-37(46(43,44)28-14-8-13-25-29(28)36-45-35-25)20-27(39)26(16-23-10-6-5-7-11-23)34-31(40)30(22(3)4)38(32(41)42)19-24-12-9-15-33-17-24/h5-15,17,21-22,26-27,30,39H,16,18-20H2,1-4H3,(H,34,40)(H,41,42)/t26-,27+,30-/m0/s1. The minimum Gasteiger partial charge on any atom is -0.465 e. The van der Waals surface area contributed by atoms with Crippen molar-refractivity contribution >= 4 is 33.1 Å². The molecule has 0 aliphatic rings. The highest BCUT2D eigenvalue weighted by atomic mass is 32.2. The quantitative estimate of drug-likeness (QED) is 0.172. The predicted molar refractivity (Wildman–Crippen MR) is 170 cm³/mol. The van der Waals surface area contributed by atoms with E-state index in [-0.39, 0.29) is 47.9 Å². The van der Waals surface area contributed by atoms with Gasteiger partial charge in [0, 0.05) is 25.5 Å². The van der Waals surface area contributed by atoms with Gasteiger partial charge in [0.1, 0.15) is 16.5 Å². The van der Waals surface area contributed by atoms with E-state index in [2.05, 4.69) is 20.6 Å². The first kappa shape index (κ1) is 34.5. The Kier molecular flexibility index (Phi) is 11.4. The number of hydrogen-bond acceptors (Lipinski definition) is 9. The van der Waals surface area contributed by atoms with Crippen molar-refractivity contribution in [2.24, 2.45) is 11.8 Å². The van der Waals surface area contributed by atoms with Gasteiger partial charge in [-0.1, -0.05) is 70.2 Å². The first-order valence-electron chi connectivity index (χ1n) is 15.0. The van der Waals surface area contributed by atoms with Crippen molar-refractivity contribution in [3.8, 4) is 0 Å². The van der Waals surface area contributed by atoms with Crippen molar-refractivity contribution in [1.82, 2.24) is 29.8 Å². The Morgan fingerprint density at radius 2 is 1.65 bits per heavy atom. The van der Waals surface area contributed by atoms with Crippen LogP contribution in [-0.4, -0.2) is 86.4 Å². The summed E-state index contributed by atoms with van der Waals surface area (Å²) in [4.78, 5) is 31.3. The molecular formula is C32H40N6O7S. The monoisotopic (exact) mass is 652 g/mol. The molecule has 0 fully saturated rings. The smallest absolute Gasteiger partial charge is 0.408 e. The first-order valence-corrected chi connectivity index (χ1v) is 16.4. The molecule has 2 aromatic carbocycles. The number of benzene rings is 2. The average Bonchev–Trinajstić information content (AvgIpc) is 3.50. The zero-order chi connectivity index (χ0) is 33.4. The van der Waals surface area contributed by atoms with Crippen molar-refractivity contribution in [2.45, 2.75) is 63.7 Å². The molecule has 14 heteroatoms. The number of fused-ring (bicyclic) bond motifs is 1. The molecule has 4 rings (SSSR count). The van der Waals surface area contributed by atoms with Gasteiger partial charge in [0.25, 0.3) is 0 Å². The minimum atomic E-state index is -4.21. The van der Waals surface area contributed by atoms with Crippen LogP contribution in [0.25, 0.3) is 11.0 Å². The summed E-state index contributed by atoms with van der Waals surface area (Å²) in [5, 5.41) is 32.2. The molecule has 2 amide bonds. The molecule has 0 saturated heterocycles. The number of carbonyl (C=O) groups is 2. The highest BCUT2D eigenvalue weighted by Crippen LogP contribution is 2.25. The topological polar surface area (TPSA) is 179 Å². The van der Waals surface area contributed by atoms with Crippen molar-refractivity contribution in [1.29, 1.82) is 0 Å². The molecular weight excluding hydrogens is 612 g/mol. The number of nitrogens with one attached hydrogen (secondary N) is 1. The number of nitrogens with zero attached hydrogens (tertiary/aromatic N) is 5. The van der Waals surface area contributed by atoms with Gasteiger partial charge in [-0.25, -0.2) is 17.8 Å². The Morgan fingerprint density at radius 1 is 0.935 bits per heavy atom. The highest BCUT2D eigenvalue weighted by Gasteiger charge is 2.37. The summed E-state index contributed by atoms with van der Waals surface area (Å²) in [6.45, 7) is 6.82. The SMILES string of the molecule is CC(C)CN(C[C@@H](O)[C@H](Cc1ccccc1)NC(=O)[C@H](C(C)C)N(Cc1cccnc1)C(=O)O)S(=O)(=O)c1cccc2nonc12. The number of amides is 2. The van der Waals surface area contributed by atoms with E-state index >= 15 is 0 Å². The van der Waals surface area contributed by atoms with Crippen LogP contribution in [0.1, 0.15) is 38.8 Å². The predicted octanol–water partition coefficient (Wildman–Crippen LogP) is 3.56. The van der Waals surface area contributed by atoms with Crippen molar-refractivity contribution in [3.05, 3.63) is 84.2 Å². The number of sulfonamides is 1. The number of carboxylic acid groups (broad SMARTS) is 1. The zero-order valence-electron chi connectivity index (χ0n) is 26.2. The van der Waals surface area contributed by atoms with Gasteiger partial charge in [-0.3, -0.25) is 14.7 Å². The molecule has 3 N–H and O–H groups in total. The summed E-state index contributed by atoms with van der Waals surface area (Å²) in [7, 11) is -4.21. The largest absolute Gasteiger partial charge is 0.465 e. The van der Waals surface area contributed by atoms with E-state index in [1.165, 1.54) is 22.6 Å². The van der Waals surface area contributed by atoms with Gasteiger partial charge in [-0.15, -0.1) is 0 Å². The summed E-state index contributed by atoms with van der Waals surface area (Å²) in [6.07, 6.45) is 0.599. The summed E-state index contributed by atoms with van der Waals surface area (Å²) in [6, 6.07) is 15.0. The van der Waals surface area contributed by atoms with Crippen LogP contribution < -0.4 is 5.32 Å². The fourth-order valence-corrected chi connectivity index (χ4v) is 7.10. The van der Waals surface area contributed by atoms with E-state index < -0.39 is 46.1 Å². The van der Waals surface area contributed by atoms with Gasteiger partial charge in [-0.2, -0.15) is 4.31 Å². The summed E-state index contributed by atoms with van der Waals surface area (Å²) in [5.41, 5.74) is 1.74. The molecule has 46 heavy (non-hydrogen) atoms. The molecule has 0 bridgehead atoms. The average molecular weight is 653 g/mol. The Hall–Kier alpha value is -4.40. The molecule has 0 radical (unpaired) electrons. The Balaban J connectivity index is 1.65. The van der Waals surface area contributed by atoms with Gasteiger partial charge in [0.05, 0.1) is 18.7 Å². The maximum absolute atomic E-state index is 14.0. The van der Waals surface area contributed by atoms with E-state index in [9.17, 15) is 28.2 Å². The zero-order valence-corrected chi connectivity index (χ0v) is 27.0. The minimum absolute atomic E-state index is 0.0690. The van der Waals surface area contributed by atoms with E-state index in [1.54, 1.807) is 38.2 Å². The second-order valence-corrected chi connectivity index (χ2v) is 13.8. The maximum atomic E-state index is 14.0. The third-order valence-corrected chi connectivity index (χ3v) is 9.34. The van der Waals surface area contributed by atoms with Gasteiger partial charge >= 0.3 is 6.09 Å². The molecule has 0 aliphatic heterocycles. The third kappa shape index (κ3) is 8.44. The van der Waals surface area contributed by atoms with E-state index in [0.29, 0.717) is 5.56 Å². The second-order valence-electron chi connectivity index (χ2n) is 11.9. The van der Waals surface area contributed by atoms with Crippen LogP contribution in [0.3, 0.4) is 0 Å². The lowest BCUT2D eigenvalue weighted by atomic mass is 9.97. The van der Waals surface area contributed by atoms with Gasteiger partial charge in [0.15, 0.2) is 5.52 Å². The van der Waals surface area contributed by atoms with Gasteiger partial charge in [-0.05, 0) is 57.9 Å². The lowest BCUT2D eigenvalue weighted by Gasteiger charge is -2.35. The molecule has 246 valence electrons. The Bertz CT molecular complexity index is 1700. The lowest BCUT2D eigenvalue weighted by Crippen LogP contribution is -2.57. The number of aliphatic hydroxyl groups excluding tert-OH is 1. The van der Waals surface area contributed by atoms with Crippen LogP contribution in [0.5, 0.6) is 0 Å². The van der Waals surface area contributed by atoms with E-state index in [1.807, 2.05) is 44.2 Å². The Labute approximate surface area is 268 Å². The molecule has 3 atom stereocenters. The fraction of sp³-hybridized carbons (Fsp3) is 0.406. The van der Waals surface area contributed by atoms with Crippen molar-refractivity contribution < 1.29 is 32.8 Å². The summed E-state index contributed by atoms with van der Waals surface area (Å²) in [5.74, 6) is -1.16. The second kappa shape index (κ2) is 15.3. The molecule has 0 spiro atoms. The van der Waals surface area contributed by atoms with Crippen LogP contribution in [0.15, 0.2) is 82.6 Å². The molecule has 4 aromatic rings. The van der Waals surface area contributed by atoms with Gasteiger partial charge in [0.2, 0.25) is 15.9 Å². The Morgan fingerprint density at radius 3 is 2.28 bits per heavy atom. The van der Waals surface area contributed by atoms with Crippen molar-refractivity contribution in [2.75, 3.05) is 13.1 Å². The van der Waals surface area contributed by atoms with Crippen LogP contribution >= 0.6 is 0 Å². The molecule has 0 unspecified atom stereocenters. The summed E-state index contributed by atoms with van der Waals surface area (Å²) < 4.78 is 33.9. The van der Waals surface area contributed by atoms with E-state index in [0.717, 1.165) is 10.5 Å².